The highest BCUT2D eigenvalue weighted by molar-refractivity contribution is 5.78. The number of aryl methyl sites for hydroxylation is 1. The van der Waals surface area contributed by atoms with E-state index in [0.717, 1.165) is 18.6 Å². The Bertz CT molecular complexity index is 655. The molecule has 0 radical (unpaired) electrons. The molecule has 24 heavy (non-hydrogen) atoms. The number of amides is 1. The molecule has 1 N–H and O–H groups in total. The van der Waals surface area contributed by atoms with Gasteiger partial charge in [-0.25, -0.2) is 4.39 Å². The average Bonchev–Trinajstić information content (AvgIpc) is 2.61. The van der Waals surface area contributed by atoms with E-state index in [9.17, 15) is 9.18 Å². The van der Waals surface area contributed by atoms with E-state index in [0.29, 0.717) is 18.5 Å². The van der Waals surface area contributed by atoms with E-state index in [1.807, 2.05) is 31.2 Å². The lowest BCUT2D eigenvalue weighted by Gasteiger charge is -2.13. The normalized spacial score (nSPS) is 11.8. The van der Waals surface area contributed by atoms with E-state index in [4.69, 9.17) is 4.74 Å². The topological polar surface area (TPSA) is 38.3 Å². The third-order valence-electron chi connectivity index (χ3n) is 4.03. The first-order valence-corrected chi connectivity index (χ1v) is 8.24. The third-order valence-corrected chi connectivity index (χ3v) is 4.03. The van der Waals surface area contributed by atoms with E-state index < -0.39 is 0 Å². The molecular formula is C20H24FNO2. The van der Waals surface area contributed by atoms with Crippen molar-refractivity contribution in [2.75, 3.05) is 13.7 Å². The van der Waals surface area contributed by atoms with Crippen LogP contribution in [0.3, 0.4) is 0 Å². The minimum Gasteiger partial charge on any atom is -0.497 e. The fourth-order valence-electron chi connectivity index (χ4n) is 2.56. The van der Waals surface area contributed by atoms with Gasteiger partial charge in [-0.1, -0.05) is 37.3 Å². The second-order valence-corrected chi connectivity index (χ2v) is 5.94. The number of ether oxygens (including phenoxy) is 1. The molecule has 0 fully saturated rings. The Kier molecular flexibility index (Phi) is 6.79. The first-order valence-electron chi connectivity index (χ1n) is 8.24. The molecule has 0 saturated carbocycles. The van der Waals surface area contributed by atoms with Gasteiger partial charge in [-0.05, 0) is 48.6 Å². The van der Waals surface area contributed by atoms with Crippen LogP contribution >= 0.6 is 0 Å². The van der Waals surface area contributed by atoms with Gasteiger partial charge < -0.3 is 10.1 Å². The standard InChI is InChI=1S/C20H24FNO2/c1-15(14-17-7-3-4-8-19(17)21)20(23)22-13-5-6-16-9-11-18(24-2)12-10-16/h3-4,7-12,15H,5-6,13-14H2,1-2H3,(H,22,23). The zero-order valence-electron chi connectivity index (χ0n) is 14.2. The van der Waals surface area contributed by atoms with Gasteiger partial charge in [-0.3, -0.25) is 4.79 Å². The lowest BCUT2D eigenvalue weighted by molar-refractivity contribution is -0.124. The van der Waals surface area contributed by atoms with Crippen molar-refractivity contribution >= 4 is 5.91 Å². The van der Waals surface area contributed by atoms with Crippen molar-refractivity contribution in [2.24, 2.45) is 5.92 Å². The van der Waals surface area contributed by atoms with Gasteiger partial charge in [-0.15, -0.1) is 0 Å². The summed E-state index contributed by atoms with van der Waals surface area (Å²) in [7, 11) is 1.65. The molecule has 3 nitrogen and oxygen atoms in total. The van der Waals surface area contributed by atoms with Crippen molar-refractivity contribution in [1.82, 2.24) is 5.32 Å². The summed E-state index contributed by atoms with van der Waals surface area (Å²) in [6, 6.07) is 14.5. The van der Waals surface area contributed by atoms with E-state index in [2.05, 4.69) is 5.32 Å². The highest BCUT2D eigenvalue weighted by Gasteiger charge is 2.14. The largest absolute Gasteiger partial charge is 0.497 e. The fraction of sp³-hybridized carbons (Fsp3) is 0.350. The quantitative estimate of drug-likeness (QED) is 0.749. The number of methoxy groups -OCH3 is 1. The van der Waals surface area contributed by atoms with E-state index in [1.165, 1.54) is 11.6 Å². The lowest BCUT2D eigenvalue weighted by atomic mass is 10.00. The number of nitrogens with one attached hydrogen (secondary N) is 1. The van der Waals surface area contributed by atoms with Crippen molar-refractivity contribution in [3.05, 3.63) is 65.5 Å². The Morgan fingerprint density at radius 2 is 1.88 bits per heavy atom. The summed E-state index contributed by atoms with van der Waals surface area (Å²) in [5, 5.41) is 2.93. The van der Waals surface area contributed by atoms with Crippen LogP contribution < -0.4 is 10.1 Å². The zero-order valence-corrected chi connectivity index (χ0v) is 14.2. The minimum atomic E-state index is -0.253. The van der Waals surface area contributed by atoms with Crippen LogP contribution in [0.25, 0.3) is 0 Å². The monoisotopic (exact) mass is 329 g/mol. The van der Waals surface area contributed by atoms with Crippen molar-refractivity contribution in [2.45, 2.75) is 26.2 Å². The Labute approximate surface area is 142 Å². The van der Waals surface area contributed by atoms with Crippen molar-refractivity contribution in [3.63, 3.8) is 0 Å². The summed E-state index contributed by atoms with van der Waals surface area (Å²) in [5.41, 5.74) is 1.79. The summed E-state index contributed by atoms with van der Waals surface area (Å²) < 4.78 is 18.7. The first-order chi connectivity index (χ1) is 11.6. The van der Waals surface area contributed by atoms with Crippen LogP contribution in [0.1, 0.15) is 24.5 Å². The molecule has 2 aromatic rings. The maximum Gasteiger partial charge on any atom is 0.223 e. The van der Waals surface area contributed by atoms with Crippen molar-refractivity contribution in [3.8, 4) is 5.75 Å². The minimum absolute atomic E-state index is 0.0343. The number of halogens is 1. The number of hydrogen-bond donors (Lipinski definition) is 1. The van der Waals surface area contributed by atoms with E-state index in [-0.39, 0.29) is 17.6 Å². The molecule has 1 atom stereocenters. The van der Waals surface area contributed by atoms with Gasteiger partial charge in [0.05, 0.1) is 7.11 Å². The maximum absolute atomic E-state index is 13.6. The fourth-order valence-corrected chi connectivity index (χ4v) is 2.56. The van der Waals surface area contributed by atoms with Crippen LogP contribution in [0.4, 0.5) is 4.39 Å². The van der Waals surface area contributed by atoms with E-state index >= 15 is 0 Å². The van der Waals surface area contributed by atoms with Gasteiger partial charge in [0.15, 0.2) is 0 Å². The predicted octanol–water partition coefficient (Wildman–Crippen LogP) is 3.76. The van der Waals surface area contributed by atoms with Gasteiger partial charge in [0.25, 0.3) is 0 Å². The van der Waals surface area contributed by atoms with E-state index in [1.54, 1.807) is 25.3 Å². The molecule has 0 aliphatic carbocycles. The van der Waals surface area contributed by atoms with Crippen LogP contribution in [0, 0.1) is 11.7 Å². The Balaban J connectivity index is 1.71. The molecule has 0 saturated heterocycles. The molecule has 0 aliphatic rings. The molecule has 1 amide bonds. The summed E-state index contributed by atoms with van der Waals surface area (Å²) in [6.45, 7) is 2.44. The summed E-state index contributed by atoms with van der Waals surface area (Å²) >= 11 is 0. The third kappa shape index (κ3) is 5.37. The Hall–Kier alpha value is -2.36. The van der Waals surface area contributed by atoms with Crippen molar-refractivity contribution < 1.29 is 13.9 Å². The van der Waals surface area contributed by atoms with Crippen LogP contribution in [0.5, 0.6) is 5.75 Å². The lowest BCUT2D eigenvalue weighted by Crippen LogP contribution is -2.31. The molecular weight excluding hydrogens is 305 g/mol. The molecule has 0 aromatic heterocycles. The van der Waals surface area contributed by atoms with Crippen LogP contribution in [0.2, 0.25) is 0 Å². The number of benzene rings is 2. The second kappa shape index (κ2) is 9.06. The Morgan fingerprint density at radius 1 is 1.17 bits per heavy atom. The SMILES string of the molecule is COc1ccc(CCCNC(=O)C(C)Cc2ccccc2F)cc1. The number of rotatable bonds is 8. The maximum atomic E-state index is 13.6. The van der Waals surface area contributed by atoms with Gasteiger partial charge in [0, 0.05) is 12.5 Å². The van der Waals surface area contributed by atoms with Crippen molar-refractivity contribution in [1.29, 1.82) is 0 Å². The highest BCUT2D eigenvalue weighted by Crippen LogP contribution is 2.14. The molecule has 0 heterocycles. The number of carbonyl (C=O) groups excluding carboxylic acids is 1. The Morgan fingerprint density at radius 3 is 2.54 bits per heavy atom. The van der Waals surface area contributed by atoms with Crippen LogP contribution in [-0.2, 0) is 17.6 Å². The van der Waals surface area contributed by atoms with Crippen LogP contribution in [0.15, 0.2) is 48.5 Å². The molecule has 0 aliphatic heterocycles. The van der Waals surface area contributed by atoms with Gasteiger partial charge >= 0.3 is 0 Å². The predicted molar refractivity (Wildman–Crippen MR) is 93.6 cm³/mol. The van der Waals surface area contributed by atoms with Crippen LogP contribution in [-0.4, -0.2) is 19.6 Å². The number of carbonyl (C=O) groups is 1. The summed E-state index contributed by atoms with van der Waals surface area (Å²) in [5.74, 6) is 0.307. The molecule has 4 heteroatoms. The summed E-state index contributed by atoms with van der Waals surface area (Å²) in [4.78, 5) is 12.1. The molecule has 0 spiro atoms. The molecule has 2 aromatic carbocycles. The van der Waals surface area contributed by atoms with Gasteiger partial charge in [-0.2, -0.15) is 0 Å². The highest BCUT2D eigenvalue weighted by atomic mass is 19.1. The zero-order chi connectivity index (χ0) is 17.4. The van der Waals surface area contributed by atoms with Gasteiger partial charge in [0.2, 0.25) is 5.91 Å². The second-order valence-electron chi connectivity index (χ2n) is 5.94. The molecule has 2 rings (SSSR count). The number of hydrogen-bond acceptors (Lipinski definition) is 2. The molecule has 128 valence electrons. The first kappa shape index (κ1) is 18.0. The summed E-state index contributed by atoms with van der Waals surface area (Å²) in [6.07, 6.45) is 2.17. The average molecular weight is 329 g/mol. The molecule has 0 bridgehead atoms. The smallest absolute Gasteiger partial charge is 0.223 e. The molecule has 1 unspecified atom stereocenters. The van der Waals surface area contributed by atoms with Gasteiger partial charge in [0.1, 0.15) is 11.6 Å².